The Morgan fingerprint density at radius 3 is 0.758 bits per heavy atom. The van der Waals surface area contributed by atoms with Crippen LogP contribution in [-0.2, 0) is 25.7 Å². The zero-order valence-electron chi connectivity index (χ0n) is 40.8. The molecule has 0 heterocycles. The van der Waals surface area contributed by atoms with Crippen LogP contribution in [0.2, 0.25) is 0 Å². The average molecular weight is 865 g/mol. The predicted molar refractivity (Wildman–Crippen MR) is 266 cm³/mol. The lowest BCUT2D eigenvalue weighted by atomic mass is 10.1. The molecule has 4 rings (SSSR count). The van der Waals surface area contributed by atoms with Gasteiger partial charge in [-0.25, -0.2) is 0 Å². The van der Waals surface area contributed by atoms with Crippen LogP contribution in [-0.4, -0.2) is 80.5 Å². The number of aliphatic hydroxyl groups excluding tert-OH is 7. The molecular formula is C55H92O7. The van der Waals surface area contributed by atoms with Crippen LogP contribution in [0.5, 0.6) is 0 Å². The fraction of sp³-hybridized carbons (Fsp3) is 0.564. The standard InChI is InChI=1S/2C11H16O.C10H14O.C9H12O.2C5H12O.C4H10O/c2*1-10-5-7-11(8-6-10)4-2-3-9-12;1-9-4-6-10(7-5-9)3-2-8-11;1-8-2-4-9(5-3-8)6-7-10;2*1-3-4-5(2)6;1-3-4(2)5/h2*5-8,12H,2-4,9H2,1H3;4-7,11H,2-3,8H2,1H3;2-5,10H,6-7H2,1H3;2*5-6H,3-4H2,1-2H3;4-5H,3H2,1-2H3. The minimum Gasteiger partial charge on any atom is -0.396 e. The summed E-state index contributed by atoms with van der Waals surface area (Å²) in [5, 5.41) is 59.8. The van der Waals surface area contributed by atoms with Gasteiger partial charge in [0.1, 0.15) is 0 Å². The molecule has 0 aliphatic carbocycles. The number of aryl methyl sites for hydroxylation is 7. The van der Waals surface area contributed by atoms with Gasteiger partial charge in [-0.3, -0.25) is 0 Å². The lowest BCUT2D eigenvalue weighted by Gasteiger charge is -2.00. The normalized spacial score (nSPS) is 11.3. The van der Waals surface area contributed by atoms with Crippen molar-refractivity contribution in [3.63, 3.8) is 0 Å². The summed E-state index contributed by atoms with van der Waals surface area (Å²) >= 11 is 0. The zero-order valence-corrected chi connectivity index (χ0v) is 40.8. The topological polar surface area (TPSA) is 142 Å². The molecule has 0 saturated carbocycles. The van der Waals surface area contributed by atoms with Gasteiger partial charge < -0.3 is 35.7 Å². The molecule has 0 aliphatic rings. The van der Waals surface area contributed by atoms with Crippen molar-refractivity contribution in [1.82, 2.24) is 0 Å². The molecule has 4 aromatic carbocycles. The second kappa shape index (κ2) is 45.6. The summed E-state index contributed by atoms with van der Waals surface area (Å²) in [6.07, 6.45) is 13.3. The minimum atomic E-state index is -0.116. The van der Waals surface area contributed by atoms with E-state index in [1.54, 1.807) is 6.92 Å². The zero-order chi connectivity index (χ0) is 47.4. The highest BCUT2D eigenvalue weighted by Gasteiger charge is 1.94. The predicted octanol–water partition coefficient (Wildman–Crippen LogP) is 11.2. The first-order valence-corrected chi connectivity index (χ1v) is 23.3. The molecule has 3 atom stereocenters. The van der Waals surface area contributed by atoms with Gasteiger partial charge in [0.25, 0.3) is 0 Å². The molecule has 0 aliphatic heterocycles. The van der Waals surface area contributed by atoms with E-state index in [1.807, 2.05) is 32.9 Å². The number of benzene rings is 4. The molecule has 0 aromatic heterocycles. The van der Waals surface area contributed by atoms with E-state index in [0.717, 1.165) is 89.9 Å². The molecule has 0 saturated heterocycles. The fourth-order valence-electron chi connectivity index (χ4n) is 5.15. The summed E-state index contributed by atoms with van der Waals surface area (Å²) in [6.45, 7) is 20.9. The molecular weight excluding hydrogens is 773 g/mol. The highest BCUT2D eigenvalue weighted by atomic mass is 16.3. The molecule has 0 amide bonds. The Hall–Kier alpha value is -3.40. The summed E-state index contributed by atoms with van der Waals surface area (Å²) in [5.41, 5.74) is 10.4. The summed E-state index contributed by atoms with van der Waals surface area (Å²) in [6, 6.07) is 33.8. The van der Waals surface area contributed by atoms with Gasteiger partial charge in [0.2, 0.25) is 0 Å². The third kappa shape index (κ3) is 46.1. The molecule has 4 aromatic rings. The Balaban J connectivity index is -0.000000671. The van der Waals surface area contributed by atoms with E-state index in [2.05, 4.69) is 126 Å². The van der Waals surface area contributed by atoms with Gasteiger partial charge in [0, 0.05) is 26.4 Å². The third-order valence-corrected chi connectivity index (χ3v) is 9.26. The van der Waals surface area contributed by atoms with Crippen LogP contribution in [0.1, 0.15) is 150 Å². The average Bonchev–Trinajstić information content (AvgIpc) is 3.24. The van der Waals surface area contributed by atoms with Gasteiger partial charge in [-0.15, -0.1) is 0 Å². The van der Waals surface area contributed by atoms with E-state index >= 15 is 0 Å². The summed E-state index contributed by atoms with van der Waals surface area (Å²) in [7, 11) is 0. The van der Waals surface area contributed by atoms with Crippen molar-refractivity contribution < 1.29 is 35.7 Å². The molecule has 0 fully saturated rings. The van der Waals surface area contributed by atoms with Gasteiger partial charge in [-0.1, -0.05) is 153 Å². The second-order valence-corrected chi connectivity index (χ2v) is 16.1. The number of hydrogen-bond acceptors (Lipinski definition) is 7. The van der Waals surface area contributed by atoms with E-state index < -0.39 is 0 Å². The van der Waals surface area contributed by atoms with E-state index in [4.69, 9.17) is 35.7 Å². The van der Waals surface area contributed by atoms with Crippen LogP contribution >= 0.6 is 0 Å². The molecule has 7 nitrogen and oxygen atoms in total. The summed E-state index contributed by atoms with van der Waals surface area (Å²) in [4.78, 5) is 0. The molecule has 354 valence electrons. The molecule has 62 heavy (non-hydrogen) atoms. The van der Waals surface area contributed by atoms with Gasteiger partial charge in [-0.2, -0.15) is 0 Å². The van der Waals surface area contributed by atoms with Crippen molar-refractivity contribution in [3.8, 4) is 0 Å². The lowest BCUT2D eigenvalue weighted by molar-refractivity contribution is 0.183. The number of aliphatic hydroxyl groups is 7. The van der Waals surface area contributed by atoms with Crippen LogP contribution in [0, 0.1) is 27.7 Å². The van der Waals surface area contributed by atoms with Crippen molar-refractivity contribution >= 4 is 0 Å². The maximum absolute atomic E-state index is 8.59. The van der Waals surface area contributed by atoms with E-state index in [9.17, 15) is 0 Å². The fourth-order valence-corrected chi connectivity index (χ4v) is 5.15. The number of hydrogen-bond donors (Lipinski definition) is 7. The van der Waals surface area contributed by atoms with Crippen LogP contribution in [0.3, 0.4) is 0 Å². The first-order chi connectivity index (χ1) is 29.6. The van der Waals surface area contributed by atoms with Crippen molar-refractivity contribution in [2.75, 3.05) is 26.4 Å². The van der Waals surface area contributed by atoms with Gasteiger partial charge in [-0.05, 0) is 148 Å². The largest absolute Gasteiger partial charge is 0.396 e. The minimum absolute atomic E-state index is 0.102. The molecule has 0 spiro atoms. The molecule has 7 N–H and O–H groups in total. The maximum atomic E-state index is 8.59. The maximum Gasteiger partial charge on any atom is 0.0512 e. The SMILES string of the molecule is CCC(C)O.CCCC(C)O.CCCC(C)O.Cc1ccc(CCCCO)cc1.Cc1ccc(CCCCO)cc1.Cc1ccc(CCCO)cc1.Cc1ccc(CCO)cc1. The van der Waals surface area contributed by atoms with Crippen molar-refractivity contribution in [2.24, 2.45) is 0 Å². The van der Waals surface area contributed by atoms with Gasteiger partial charge >= 0.3 is 0 Å². The third-order valence-electron chi connectivity index (χ3n) is 9.26. The second-order valence-electron chi connectivity index (χ2n) is 16.1. The Morgan fingerprint density at radius 2 is 0.581 bits per heavy atom. The number of rotatable bonds is 18. The van der Waals surface area contributed by atoms with Gasteiger partial charge in [0.05, 0.1) is 18.3 Å². The monoisotopic (exact) mass is 865 g/mol. The first-order valence-electron chi connectivity index (χ1n) is 23.3. The first kappa shape index (κ1) is 62.9. The van der Waals surface area contributed by atoms with E-state index in [1.165, 1.54) is 44.5 Å². The Morgan fingerprint density at radius 1 is 0.339 bits per heavy atom. The Labute approximate surface area is 380 Å². The van der Waals surface area contributed by atoms with Crippen molar-refractivity contribution in [1.29, 1.82) is 0 Å². The van der Waals surface area contributed by atoms with Crippen LogP contribution in [0.15, 0.2) is 97.1 Å². The van der Waals surface area contributed by atoms with Gasteiger partial charge in [0.15, 0.2) is 0 Å². The Kier molecular flexibility index (Phi) is 46.3. The quantitative estimate of drug-likeness (QED) is 0.0494. The van der Waals surface area contributed by atoms with E-state index in [-0.39, 0.29) is 31.5 Å². The summed E-state index contributed by atoms with van der Waals surface area (Å²) in [5.74, 6) is 0. The molecule has 7 heteroatoms. The Bertz CT molecular complexity index is 1390. The molecule has 0 bridgehead atoms. The molecule has 0 radical (unpaired) electrons. The summed E-state index contributed by atoms with van der Waals surface area (Å²) < 4.78 is 0. The van der Waals surface area contributed by atoms with Crippen molar-refractivity contribution in [3.05, 3.63) is 142 Å². The highest BCUT2D eigenvalue weighted by molar-refractivity contribution is 5.23. The van der Waals surface area contributed by atoms with E-state index in [0.29, 0.717) is 13.2 Å². The lowest BCUT2D eigenvalue weighted by Crippen LogP contribution is -1.95. The van der Waals surface area contributed by atoms with Crippen LogP contribution < -0.4 is 0 Å². The molecule has 3 unspecified atom stereocenters. The highest BCUT2D eigenvalue weighted by Crippen LogP contribution is 2.08. The van der Waals surface area contributed by atoms with Crippen LogP contribution in [0.4, 0.5) is 0 Å². The van der Waals surface area contributed by atoms with Crippen LogP contribution in [0.25, 0.3) is 0 Å². The van der Waals surface area contributed by atoms with Crippen molar-refractivity contribution in [2.45, 2.75) is 177 Å². The smallest absolute Gasteiger partial charge is 0.0512 e. The number of unbranched alkanes of at least 4 members (excludes halogenated alkanes) is 2.